The van der Waals surface area contributed by atoms with E-state index in [4.69, 9.17) is 21.0 Å². The van der Waals surface area contributed by atoms with E-state index in [0.29, 0.717) is 17.7 Å². The zero-order valence-corrected chi connectivity index (χ0v) is 20.9. The highest BCUT2D eigenvalue weighted by Crippen LogP contribution is 2.31. The van der Waals surface area contributed by atoms with Crippen molar-refractivity contribution in [1.29, 1.82) is 5.41 Å². The summed E-state index contributed by atoms with van der Waals surface area (Å²) >= 11 is 1.31. The number of carbonyl (C=O) groups excluding carboxylic acids is 2. The van der Waals surface area contributed by atoms with Crippen molar-refractivity contribution >= 4 is 41.0 Å². The van der Waals surface area contributed by atoms with E-state index in [1.54, 1.807) is 19.1 Å². The number of likely N-dealkylation sites (tertiary alicyclic amines) is 1. The van der Waals surface area contributed by atoms with Gasteiger partial charge in [-0.25, -0.2) is 4.79 Å². The second-order valence-electron chi connectivity index (χ2n) is 8.27. The van der Waals surface area contributed by atoms with Gasteiger partial charge in [0.1, 0.15) is 17.9 Å². The Morgan fingerprint density at radius 3 is 2.36 bits per heavy atom. The van der Waals surface area contributed by atoms with Crippen LogP contribution in [0.5, 0.6) is 0 Å². The maximum Gasteiger partial charge on any atom is 0.407 e. The van der Waals surface area contributed by atoms with Crippen molar-refractivity contribution in [3.05, 3.63) is 57.8 Å². The van der Waals surface area contributed by atoms with Crippen molar-refractivity contribution in [3.8, 4) is 0 Å². The Morgan fingerprint density at radius 2 is 1.81 bits per heavy atom. The van der Waals surface area contributed by atoms with E-state index in [0.717, 1.165) is 22.3 Å². The Morgan fingerprint density at radius 1 is 1.17 bits per heavy atom. The third kappa shape index (κ3) is 8.38. The number of nitrogens with one attached hydrogen (secondary N) is 3. The average molecular weight is 518 g/mol. The van der Waals surface area contributed by atoms with Gasteiger partial charge in [0.25, 0.3) is 5.97 Å². The van der Waals surface area contributed by atoms with Gasteiger partial charge in [-0.2, -0.15) is 0 Å². The van der Waals surface area contributed by atoms with Crippen LogP contribution in [0.2, 0.25) is 0 Å². The molecule has 1 aliphatic heterocycles. The standard InChI is InChI=1S/C22H27N5O4S.C2H4O2/c1-13(20(28)25-12-16-7-8-18(32-16)19(23)24)26-21(29)17-11-15(9-10-27(17)22(30)31)14-5-3-2-4-6-14;1-2(3)4/h2-8,13,15,17H,9-12H2,1H3,(H3,23,24)(H,25,28)(H,26,29)(H,30,31);1H3,(H,3,4)/t13-,15-,17+;/m0./s1. The van der Waals surface area contributed by atoms with Gasteiger partial charge in [0, 0.05) is 18.3 Å². The van der Waals surface area contributed by atoms with Gasteiger partial charge < -0.3 is 26.6 Å². The number of carboxylic acid groups (broad SMARTS) is 2. The van der Waals surface area contributed by atoms with E-state index < -0.39 is 30.1 Å². The molecule has 11 nitrogen and oxygen atoms in total. The molecule has 0 saturated carbocycles. The van der Waals surface area contributed by atoms with Gasteiger partial charge in [0.05, 0.1) is 11.4 Å². The first-order valence-corrected chi connectivity index (χ1v) is 12.1. The van der Waals surface area contributed by atoms with Crippen LogP contribution in [0.15, 0.2) is 42.5 Å². The van der Waals surface area contributed by atoms with Gasteiger partial charge in [0.15, 0.2) is 0 Å². The number of amides is 3. The molecule has 2 heterocycles. The smallest absolute Gasteiger partial charge is 0.407 e. The Kier molecular flexibility index (Phi) is 10.4. The minimum Gasteiger partial charge on any atom is -0.481 e. The molecule has 1 fully saturated rings. The number of rotatable bonds is 7. The van der Waals surface area contributed by atoms with Crippen LogP contribution in [0.4, 0.5) is 4.79 Å². The summed E-state index contributed by atoms with van der Waals surface area (Å²) in [5.41, 5.74) is 6.52. The molecule has 194 valence electrons. The number of aliphatic carboxylic acids is 1. The molecule has 1 aromatic heterocycles. The third-order valence-corrected chi connectivity index (χ3v) is 6.66. The summed E-state index contributed by atoms with van der Waals surface area (Å²) in [6.07, 6.45) is -0.147. The number of carbonyl (C=O) groups is 4. The predicted molar refractivity (Wildman–Crippen MR) is 135 cm³/mol. The van der Waals surface area contributed by atoms with E-state index >= 15 is 0 Å². The van der Waals surface area contributed by atoms with Crippen molar-refractivity contribution in [2.75, 3.05) is 6.54 Å². The summed E-state index contributed by atoms with van der Waals surface area (Å²) in [5.74, 6) is -1.66. The Hall–Kier alpha value is -3.93. The molecule has 0 spiro atoms. The van der Waals surface area contributed by atoms with Crippen molar-refractivity contribution in [1.82, 2.24) is 15.5 Å². The van der Waals surface area contributed by atoms with Crippen molar-refractivity contribution in [3.63, 3.8) is 0 Å². The number of carboxylic acids is 1. The number of piperidine rings is 1. The van der Waals surface area contributed by atoms with Gasteiger partial charge >= 0.3 is 6.09 Å². The van der Waals surface area contributed by atoms with E-state index in [1.165, 1.54) is 11.3 Å². The summed E-state index contributed by atoms with van der Waals surface area (Å²) in [6, 6.07) is 11.5. The summed E-state index contributed by atoms with van der Waals surface area (Å²) in [4.78, 5) is 48.7. The van der Waals surface area contributed by atoms with Crippen LogP contribution in [0.1, 0.15) is 47.9 Å². The highest BCUT2D eigenvalue weighted by atomic mass is 32.1. The lowest BCUT2D eigenvalue weighted by Gasteiger charge is -2.37. The second kappa shape index (κ2) is 13.2. The number of nitrogens with zero attached hydrogens (tertiary/aromatic N) is 1. The average Bonchev–Trinajstić information content (AvgIpc) is 3.31. The lowest BCUT2D eigenvalue weighted by atomic mass is 9.85. The number of amidine groups is 1. The predicted octanol–water partition coefficient (Wildman–Crippen LogP) is 2.17. The lowest BCUT2D eigenvalue weighted by molar-refractivity contribution is -0.134. The molecule has 36 heavy (non-hydrogen) atoms. The van der Waals surface area contributed by atoms with Crippen LogP contribution in [-0.4, -0.2) is 63.5 Å². The third-order valence-electron chi connectivity index (χ3n) is 5.54. The lowest BCUT2D eigenvalue weighted by Crippen LogP contribution is -2.56. The minimum absolute atomic E-state index is 0.0301. The first-order chi connectivity index (χ1) is 17.0. The van der Waals surface area contributed by atoms with Crippen molar-refractivity contribution in [2.24, 2.45) is 5.73 Å². The zero-order valence-electron chi connectivity index (χ0n) is 20.1. The quantitative estimate of drug-likeness (QED) is 0.240. The molecule has 1 saturated heterocycles. The van der Waals surface area contributed by atoms with Gasteiger partial charge in [0.2, 0.25) is 11.8 Å². The van der Waals surface area contributed by atoms with Crippen LogP contribution in [0, 0.1) is 5.41 Å². The van der Waals surface area contributed by atoms with Gasteiger partial charge in [-0.15, -0.1) is 11.3 Å². The maximum atomic E-state index is 12.9. The van der Waals surface area contributed by atoms with Crippen molar-refractivity contribution in [2.45, 2.75) is 51.2 Å². The maximum absolute atomic E-state index is 12.9. The molecule has 0 bridgehead atoms. The van der Waals surface area contributed by atoms with Crippen LogP contribution in [-0.2, 0) is 20.9 Å². The topological polar surface area (TPSA) is 186 Å². The molecule has 0 unspecified atom stereocenters. The number of hydrogen-bond acceptors (Lipinski definition) is 6. The summed E-state index contributed by atoms with van der Waals surface area (Å²) in [6.45, 7) is 3.15. The monoisotopic (exact) mass is 517 g/mol. The fourth-order valence-electron chi connectivity index (χ4n) is 3.79. The highest BCUT2D eigenvalue weighted by molar-refractivity contribution is 7.14. The van der Waals surface area contributed by atoms with Crippen LogP contribution >= 0.6 is 11.3 Å². The fraction of sp³-hybridized carbons (Fsp3) is 0.375. The fourth-order valence-corrected chi connectivity index (χ4v) is 4.60. The molecule has 0 aliphatic carbocycles. The molecular weight excluding hydrogens is 486 g/mol. The Labute approximate surface area is 212 Å². The van der Waals surface area contributed by atoms with E-state index in [1.807, 2.05) is 30.3 Å². The Balaban J connectivity index is 0.00000106. The number of benzene rings is 1. The minimum atomic E-state index is -1.15. The van der Waals surface area contributed by atoms with Crippen LogP contribution < -0.4 is 16.4 Å². The highest BCUT2D eigenvalue weighted by Gasteiger charge is 2.37. The molecule has 1 aromatic carbocycles. The van der Waals surface area contributed by atoms with Gasteiger partial charge in [-0.1, -0.05) is 30.3 Å². The van der Waals surface area contributed by atoms with E-state index in [-0.39, 0.29) is 30.8 Å². The molecule has 1 aliphatic rings. The summed E-state index contributed by atoms with van der Waals surface area (Å²) < 4.78 is 0. The molecule has 0 radical (unpaired) electrons. The van der Waals surface area contributed by atoms with Gasteiger partial charge in [-0.3, -0.25) is 24.7 Å². The molecule has 3 rings (SSSR count). The normalized spacial score (nSPS) is 17.7. The second-order valence-corrected chi connectivity index (χ2v) is 9.44. The number of nitrogen functional groups attached to an aromatic ring is 1. The largest absolute Gasteiger partial charge is 0.481 e. The van der Waals surface area contributed by atoms with Crippen LogP contribution in [0.3, 0.4) is 0 Å². The number of thiophene rings is 1. The summed E-state index contributed by atoms with van der Waals surface area (Å²) in [7, 11) is 0. The SMILES string of the molecule is CC(=O)O.C[C@H](NC(=O)[C@H]1C[C@@H](c2ccccc2)CCN1C(=O)O)C(=O)NCc1ccc(C(=N)N)s1. The summed E-state index contributed by atoms with van der Waals surface area (Å²) in [5, 5.41) is 29.8. The van der Waals surface area contributed by atoms with E-state index in [9.17, 15) is 19.5 Å². The molecule has 3 atom stereocenters. The molecule has 3 amide bonds. The van der Waals surface area contributed by atoms with E-state index in [2.05, 4.69) is 10.6 Å². The Bertz CT molecular complexity index is 1090. The van der Waals surface area contributed by atoms with Crippen LogP contribution in [0.25, 0.3) is 0 Å². The zero-order chi connectivity index (χ0) is 26.8. The molecule has 2 aromatic rings. The first-order valence-electron chi connectivity index (χ1n) is 11.2. The molecular formula is C24H31N5O6S. The number of hydrogen-bond donors (Lipinski definition) is 6. The molecule has 12 heteroatoms. The van der Waals surface area contributed by atoms with Gasteiger partial charge in [-0.05, 0) is 43.4 Å². The molecule has 7 N–H and O–H groups in total. The number of nitrogens with two attached hydrogens (primary N) is 1. The van der Waals surface area contributed by atoms with Crippen molar-refractivity contribution < 1.29 is 29.4 Å². The first kappa shape index (κ1) is 28.3.